The first-order chi connectivity index (χ1) is 9.83. The molecule has 0 saturated heterocycles. The van der Waals surface area contributed by atoms with Crippen molar-refractivity contribution in [2.24, 2.45) is 0 Å². The second kappa shape index (κ2) is 8.35. The molecule has 0 fully saturated rings. The molecule has 0 aliphatic carbocycles. The van der Waals surface area contributed by atoms with Gasteiger partial charge in [0, 0.05) is 11.8 Å². The first-order valence-corrected chi connectivity index (χ1v) is 8.82. The Kier molecular flexibility index (Phi) is 6.43. The molecule has 108 valence electrons. The summed E-state index contributed by atoms with van der Waals surface area (Å²) in [6.07, 6.45) is 0. The van der Waals surface area contributed by atoms with Gasteiger partial charge < -0.3 is 10.1 Å². The molecule has 2 aromatic rings. The van der Waals surface area contributed by atoms with E-state index < -0.39 is 0 Å². The van der Waals surface area contributed by atoms with Crippen molar-refractivity contribution in [1.82, 2.24) is 5.32 Å². The van der Waals surface area contributed by atoms with E-state index in [2.05, 4.69) is 54.0 Å². The maximum absolute atomic E-state index is 5.50. The summed E-state index contributed by atoms with van der Waals surface area (Å²) in [5.74, 6) is 1.99. The van der Waals surface area contributed by atoms with Crippen molar-refractivity contribution in [3.05, 3.63) is 47.3 Å². The summed E-state index contributed by atoms with van der Waals surface area (Å²) in [5, 5.41) is 5.68. The molecule has 0 aliphatic rings. The van der Waals surface area contributed by atoms with Gasteiger partial charge in [-0.2, -0.15) is 0 Å². The minimum absolute atomic E-state index is 0.378. The van der Waals surface area contributed by atoms with Gasteiger partial charge in [0.15, 0.2) is 0 Å². The lowest BCUT2D eigenvalue weighted by Gasteiger charge is -2.18. The molecule has 20 heavy (non-hydrogen) atoms. The Labute approximate surface area is 129 Å². The van der Waals surface area contributed by atoms with Gasteiger partial charge in [0.05, 0.1) is 10.8 Å². The molecule has 0 spiro atoms. The Balaban J connectivity index is 1.99. The van der Waals surface area contributed by atoms with Crippen LogP contribution in [0.1, 0.15) is 25.5 Å². The van der Waals surface area contributed by atoms with Gasteiger partial charge in [-0.15, -0.1) is 23.1 Å². The molecule has 0 aliphatic heterocycles. The molecule has 1 unspecified atom stereocenters. The molecule has 2 nitrogen and oxygen atoms in total. The van der Waals surface area contributed by atoms with Gasteiger partial charge in [0.1, 0.15) is 5.75 Å². The molecule has 1 aromatic carbocycles. The van der Waals surface area contributed by atoms with Crippen molar-refractivity contribution >= 4 is 23.1 Å². The molecular weight excluding hydrogens is 286 g/mol. The maximum atomic E-state index is 5.50. The lowest BCUT2D eigenvalue weighted by atomic mass is 10.1. The maximum Gasteiger partial charge on any atom is 0.119 e. The van der Waals surface area contributed by atoms with Gasteiger partial charge >= 0.3 is 0 Å². The first kappa shape index (κ1) is 15.4. The number of ether oxygens (including phenoxy) is 1. The molecular formula is C16H21NOS2. The van der Waals surface area contributed by atoms with Gasteiger partial charge in [-0.05, 0) is 42.6 Å². The van der Waals surface area contributed by atoms with E-state index in [4.69, 9.17) is 4.74 Å². The van der Waals surface area contributed by atoms with Crippen LogP contribution in [0.25, 0.3) is 0 Å². The lowest BCUT2D eigenvalue weighted by molar-refractivity contribution is 0.340. The average molecular weight is 307 g/mol. The zero-order valence-electron chi connectivity index (χ0n) is 12.0. The van der Waals surface area contributed by atoms with E-state index in [1.165, 1.54) is 9.77 Å². The van der Waals surface area contributed by atoms with E-state index in [1.54, 1.807) is 11.3 Å². The van der Waals surface area contributed by atoms with E-state index in [0.29, 0.717) is 12.6 Å². The van der Waals surface area contributed by atoms with Gasteiger partial charge in [0.2, 0.25) is 0 Å². The monoisotopic (exact) mass is 307 g/mol. The van der Waals surface area contributed by atoms with E-state index in [1.807, 2.05) is 18.7 Å². The van der Waals surface area contributed by atoms with Gasteiger partial charge in [-0.25, -0.2) is 0 Å². The number of thiophene rings is 1. The third-order valence-corrected chi connectivity index (χ3v) is 5.16. The third-order valence-electron chi connectivity index (χ3n) is 2.93. The fourth-order valence-corrected chi connectivity index (χ4v) is 3.90. The molecule has 1 atom stereocenters. The van der Waals surface area contributed by atoms with Gasteiger partial charge in [-0.1, -0.05) is 25.1 Å². The molecule has 2 rings (SSSR count). The Bertz CT molecular complexity index is 482. The summed E-state index contributed by atoms with van der Waals surface area (Å²) in [4.78, 5) is 0. The van der Waals surface area contributed by atoms with E-state index in [-0.39, 0.29) is 0 Å². The van der Waals surface area contributed by atoms with Crippen molar-refractivity contribution < 1.29 is 4.74 Å². The van der Waals surface area contributed by atoms with Crippen LogP contribution in [0.15, 0.2) is 46.0 Å². The van der Waals surface area contributed by atoms with E-state index >= 15 is 0 Å². The highest BCUT2D eigenvalue weighted by Crippen LogP contribution is 2.28. The molecule has 4 heteroatoms. The van der Waals surface area contributed by atoms with Crippen LogP contribution in [0.4, 0.5) is 0 Å². The van der Waals surface area contributed by atoms with Crippen LogP contribution < -0.4 is 10.1 Å². The fraction of sp³-hybridized carbons (Fsp3) is 0.375. The quantitative estimate of drug-likeness (QED) is 0.721. The molecule has 1 heterocycles. The number of nitrogens with one attached hydrogen (secondary N) is 1. The summed E-state index contributed by atoms with van der Waals surface area (Å²) in [5.41, 5.74) is 1.32. The molecule has 0 radical (unpaired) electrons. The third kappa shape index (κ3) is 4.54. The summed E-state index contributed by atoms with van der Waals surface area (Å²) < 4.78 is 6.87. The number of rotatable bonds is 8. The van der Waals surface area contributed by atoms with Crippen LogP contribution >= 0.6 is 23.1 Å². The highest BCUT2D eigenvalue weighted by atomic mass is 32.2. The molecule has 0 bridgehead atoms. The minimum Gasteiger partial charge on any atom is -0.494 e. The second-order valence-electron chi connectivity index (χ2n) is 4.36. The van der Waals surface area contributed by atoms with Crippen molar-refractivity contribution in [3.8, 4) is 5.75 Å². The van der Waals surface area contributed by atoms with Gasteiger partial charge in [-0.3, -0.25) is 0 Å². The highest BCUT2D eigenvalue weighted by Gasteiger charge is 2.11. The van der Waals surface area contributed by atoms with E-state index in [9.17, 15) is 0 Å². The topological polar surface area (TPSA) is 21.3 Å². The first-order valence-electron chi connectivity index (χ1n) is 6.96. The van der Waals surface area contributed by atoms with Crippen LogP contribution in [0, 0.1) is 0 Å². The number of hydrogen-bond donors (Lipinski definition) is 1. The number of hydrogen-bond acceptors (Lipinski definition) is 4. The normalized spacial score (nSPS) is 12.3. The van der Waals surface area contributed by atoms with Crippen molar-refractivity contribution in [1.29, 1.82) is 0 Å². The fourth-order valence-electron chi connectivity index (χ4n) is 1.99. The largest absolute Gasteiger partial charge is 0.494 e. The van der Waals surface area contributed by atoms with Gasteiger partial charge in [0.25, 0.3) is 0 Å². The zero-order valence-corrected chi connectivity index (χ0v) is 13.6. The Hall–Kier alpha value is -0.970. The molecule has 0 saturated carbocycles. The summed E-state index contributed by atoms with van der Waals surface area (Å²) in [6, 6.07) is 13.1. The SMILES string of the molecule is CCNC(CSc1cccs1)c1ccc(OCC)cc1. The minimum atomic E-state index is 0.378. The van der Waals surface area contributed by atoms with Crippen LogP contribution in [0.2, 0.25) is 0 Å². The van der Waals surface area contributed by atoms with Crippen molar-refractivity contribution in [3.63, 3.8) is 0 Å². The van der Waals surface area contributed by atoms with Crippen LogP contribution in [-0.2, 0) is 0 Å². The Morgan fingerprint density at radius 3 is 2.60 bits per heavy atom. The molecule has 1 aromatic heterocycles. The highest BCUT2D eigenvalue weighted by molar-refractivity contribution is 8.01. The van der Waals surface area contributed by atoms with Crippen molar-refractivity contribution in [2.45, 2.75) is 24.1 Å². The van der Waals surface area contributed by atoms with Crippen LogP contribution in [0.3, 0.4) is 0 Å². The van der Waals surface area contributed by atoms with E-state index in [0.717, 1.165) is 18.0 Å². The second-order valence-corrected chi connectivity index (χ2v) is 6.62. The Morgan fingerprint density at radius 2 is 2.00 bits per heavy atom. The standard InChI is InChI=1S/C16H21NOS2/c1-3-17-15(12-20-16-6-5-11-19-16)13-7-9-14(10-8-13)18-4-2/h5-11,15,17H,3-4,12H2,1-2H3. The average Bonchev–Trinajstić information content (AvgIpc) is 2.98. The van der Waals surface area contributed by atoms with Crippen molar-refractivity contribution in [2.75, 3.05) is 18.9 Å². The Morgan fingerprint density at radius 1 is 1.20 bits per heavy atom. The summed E-state index contributed by atoms with van der Waals surface area (Å²) in [6.45, 7) is 5.84. The van der Waals surface area contributed by atoms with Crippen LogP contribution in [0.5, 0.6) is 5.75 Å². The summed E-state index contributed by atoms with van der Waals surface area (Å²) in [7, 11) is 0. The predicted octanol–water partition coefficient (Wildman–Crippen LogP) is 4.59. The number of benzene rings is 1. The smallest absolute Gasteiger partial charge is 0.119 e. The predicted molar refractivity (Wildman–Crippen MR) is 89.1 cm³/mol. The van der Waals surface area contributed by atoms with Crippen LogP contribution in [-0.4, -0.2) is 18.9 Å². The molecule has 1 N–H and O–H groups in total. The lowest BCUT2D eigenvalue weighted by Crippen LogP contribution is -2.22. The molecule has 0 amide bonds. The zero-order chi connectivity index (χ0) is 14.2. The summed E-state index contributed by atoms with van der Waals surface area (Å²) >= 11 is 3.71. The number of thioether (sulfide) groups is 1.